The number of benzene rings is 3. The maximum absolute atomic E-state index is 12.3. The fourth-order valence-electron chi connectivity index (χ4n) is 2.69. The number of carbonyl (C=O) groups excluding carboxylic acids is 1. The van der Waals surface area contributed by atoms with E-state index in [0.29, 0.717) is 27.1 Å². The minimum absolute atomic E-state index is 0.0540. The number of methoxy groups -OCH3 is 1. The van der Waals surface area contributed by atoms with Crippen LogP contribution in [0.25, 0.3) is 6.08 Å². The van der Waals surface area contributed by atoms with Crippen molar-refractivity contribution in [1.29, 1.82) is 0 Å². The van der Waals surface area contributed by atoms with Crippen molar-refractivity contribution in [3.63, 3.8) is 0 Å². The lowest BCUT2D eigenvalue weighted by Crippen LogP contribution is -1.99. The first-order chi connectivity index (χ1) is 14.0. The second-order valence-electron chi connectivity index (χ2n) is 6.50. The van der Waals surface area contributed by atoms with Crippen LogP contribution < -0.4 is 9.47 Å². The molecule has 148 valence electrons. The van der Waals surface area contributed by atoms with Gasteiger partial charge in [-0.15, -0.1) is 0 Å². The molecule has 0 aliphatic carbocycles. The summed E-state index contributed by atoms with van der Waals surface area (Å²) in [7, 11) is 1.57. The Balaban J connectivity index is 1.71. The lowest BCUT2D eigenvalue weighted by molar-refractivity contribution is 0.104. The Morgan fingerprint density at radius 2 is 1.72 bits per heavy atom. The summed E-state index contributed by atoms with van der Waals surface area (Å²) in [6.45, 7) is 2.27. The molecule has 0 saturated carbocycles. The van der Waals surface area contributed by atoms with Crippen LogP contribution >= 0.6 is 23.2 Å². The van der Waals surface area contributed by atoms with E-state index in [1.807, 2.05) is 49.4 Å². The van der Waals surface area contributed by atoms with E-state index in [0.717, 1.165) is 16.7 Å². The maximum Gasteiger partial charge on any atom is 0.185 e. The maximum atomic E-state index is 12.3. The molecule has 3 nitrogen and oxygen atoms in total. The standard InChI is InChI=1S/C24H20Cl2O3/c1-16-3-7-18(8-4-16)22(27)11-5-17-6-12-23(24(13-17)28-2)29-15-19-9-10-20(25)14-21(19)26/h3-14H,15H2,1-2H3/b11-5+. The van der Waals surface area contributed by atoms with Gasteiger partial charge in [0.05, 0.1) is 7.11 Å². The van der Waals surface area contributed by atoms with Crippen molar-refractivity contribution in [2.45, 2.75) is 13.5 Å². The summed E-state index contributed by atoms with van der Waals surface area (Å²) >= 11 is 12.1. The van der Waals surface area contributed by atoms with Crippen molar-refractivity contribution < 1.29 is 14.3 Å². The van der Waals surface area contributed by atoms with E-state index in [1.54, 1.807) is 37.5 Å². The zero-order chi connectivity index (χ0) is 20.8. The molecular formula is C24H20Cl2O3. The monoisotopic (exact) mass is 426 g/mol. The number of carbonyl (C=O) groups is 1. The molecule has 0 radical (unpaired) electrons. The van der Waals surface area contributed by atoms with Gasteiger partial charge in [0.15, 0.2) is 17.3 Å². The number of hydrogen-bond acceptors (Lipinski definition) is 3. The molecule has 0 heterocycles. The molecule has 3 aromatic carbocycles. The first-order valence-corrected chi connectivity index (χ1v) is 9.75. The van der Waals surface area contributed by atoms with Crippen molar-refractivity contribution in [2.24, 2.45) is 0 Å². The Kier molecular flexibility index (Phi) is 6.97. The van der Waals surface area contributed by atoms with Gasteiger partial charge in [-0.25, -0.2) is 0 Å². The van der Waals surface area contributed by atoms with Gasteiger partial charge in [-0.05, 0) is 42.8 Å². The molecule has 0 N–H and O–H groups in total. The van der Waals surface area contributed by atoms with E-state index in [1.165, 1.54) is 0 Å². The second-order valence-corrected chi connectivity index (χ2v) is 7.34. The van der Waals surface area contributed by atoms with Crippen molar-refractivity contribution in [3.8, 4) is 11.5 Å². The van der Waals surface area contributed by atoms with Crippen molar-refractivity contribution in [2.75, 3.05) is 7.11 Å². The topological polar surface area (TPSA) is 35.5 Å². The molecular weight excluding hydrogens is 407 g/mol. The smallest absolute Gasteiger partial charge is 0.185 e. The quantitative estimate of drug-likeness (QED) is 0.308. The van der Waals surface area contributed by atoms with Crippen LogP contribution in [0.3, 0.4) is 0 Å². The average molecular weight is 427 g/mol. The van der Waals surface area contributed by atoms with Crippen LogP contribution in [0.4, 0.5) is 0 Å². The fraction of sp³-hybridized carbons (Fsp3) is 0.125. The van der Waals surface area contributed by atoms with Crippen LogP contribution in [0.15, 0.2) is 66.7 Å². The van der Waals surface area contributed by atoms with E-state index in [9.17, 15) is 4.79 Å². The number of allylic oxidation sites excluding steroid dienone is 1. The van der Waals surface area contributed by atoms with E-state index in [2.05, 4.69) is 0 Å². The second kappa shape index (κ2) is 9.64. The van der Waals surface area contributed by atoms with Gasteiger partial charge in [0.25, 0.3) is 0 Å². The highest BCUT2D eigenvalue weighted by Gasteiger charge is 2.08. The highest BCUT2D eigenvalue weighted by atomic mass is 35.5. The third-order valence-electron chi connectivity index (χ3n) is 4.35. The summed E-state index contributed by atoms with van der Waals surface area (Å²) in [4.78, 5) is 12.3. The largest absolute Gasteiger partial charge is 0.493 e. The number of hydrogen-bond donors (Lipinski definition) is 0. The third kappa shape index (κ3) is 5.63. The molecule has 0 unspecified atom stereocenters. The third-order valence-corrected chi connectivity index (χ3v) is 4.94. The van der Waals surface area contributed by atoms with Crippen LogP contribution in [-0.4, -0.2) is 12.9 Å². The summed E-state index contributed by atoms with van der Waals surface area (Å²) in [5, 5.41) is 1.12. The molecule has 0 aliphatic heterocycles. The van der Waals surface area contributed by atoms with Crippen molar-refractivity contribution in [1.82, 2.24) is 0 Å². The summed E-state index contributed by atoms with van der Waals surface area (Å²) in [6.07, 6.45) is 3.30. The Labute approximate surface area is 180 Å². The Morgan fingerprint density at radius 3 is 2.41 bits per heavy atom. The molecule has 0 aliphatic rings. The van der Waals surface area contributed by atoms with Gasteiger partial charge in [0.1, 0.15) is 6.61 Å². The molecule has 0 spiro atoms. The number of rotatable bonds is 7. The number of halogens is 2. The summed E-state index contributed by atoms with van der Waals surface area (Å²) in [5.74, 6) is 1.10. The molecule has 3 rings (SSSR count). The fourth-order valence-corrected chi connectivity index (χ4v) is 3.15. The molecule has 29 heavy (non-hydrogen) atoms. The molecule has 0 atom stereocenters. The SMILES string of the molecule is COc1cc(/C=C/C(=O)c2ccc(C)cc2)ccc1OCc1ccc(Cl)cc1Cl. The lowest BCUT2D eigenvalue weighted by Gasteiger charge is -2.12. The number of aryl methyl sites for hydroxylation is 1. The average Bonchev–Trinajstić information content (AvgIpc) is 2.72. The first kappa shape index (κ1) is 21.0. The number of ketones is 1. The van der Waals surface area contributed by atoms with Gasteiger partial charge in [-0.1, -0.05) is 71.2 Å². The normalized spacial score (nSPS) is 10.9. The molecule has 0 saturated heterocycles. The van der Waals surface area contributed by atoms with Gasteiger partial charge in [0, 0.05) is 21.2 Å². The molecule has 5 heteroatoms. The van der Waals surface area contributed by atoms with E-state index >= 15 is 0 Å². The summed E-state index contributed by atoms with van der Waals surface area (Å²) in [5.41, 5.74) is 3.43. The van der Waals surface area contributed by atoms with E-state index in [-0.39, 0.29) is 12.4 Å². The van der Waals surface area contributed by atoms with Gasteiger partial charge in [0.2, 0.25) is 0 Å². The van der Waals surface area contributed by atoms with Crippen LogP contribution in [0.5, 0.6) is 11.5 Å². The van der Waals surface area contributed by atoms with Gasteiger partial charge >= 0.3 is 0 Å². The minimum Gasteiger partial charge on any atom is -0.493 e. The molecule has 0 fully saturated rings. The van der Waals surface area contributed by atoms with Gasteiger partial charge < -0.3 is 9.47 Å². The van der Waals surface area contributed by atoms with E-state index in [4.69, 9.17) is 32.7 Å². The molecule has 3 aromatic rings. The minimum atomic E-state index is -0.0540. The van der Waals surface area contributed by atoms with Crippen LogP contribution in [0.2, 0.25) is 10.0 Å². The van der Waals surface area contributed by atoms with Gasteiger partial charge in [-0.2, -0.15) is 0 Å². The van der Waals surface area contributed by atoms with Crippen LogP contribution in [0.1, 0.15) is 27.0 Å². The molecule has 0 amide bonds. The van der Waals surface area contributed by atoms with E-state index < -0.39 is 0 Å². The Hall–Kier alpha value is -2.75. The van der Waals surface area contributed by atoms with Crippen LogP contribution in [-0.2, 0) is 6.61 Å². The lowest BCUT2D eigenvalue weighted by atomic mass is 10.1. The van der Waals surface area contributed by atoms with Crippen LogP contribution in [0, 0.1) is 6.92 Å². The zero-order valence-electron chi connectivity index (χ0n) is 16.1. The highest BCUT2D eigenvalue weighted by Crippen LogP contribution is 2.30. The highest BCUT2D eigenvalue weighted by molar-refractivity contribution is 6.35. The zero-order valence-corrected chi connectivity index (χ0v) is 17.6. The first-order valence-electron chi connectivity index (χ1n) is 9.00. The van der Waals surface area contributed by atoms with Crippen molar-refractivity contribution >= 4 is 35.1 Å². The predicted molar refractivity (Wildman–Crippen MR) is 118 cm³/mol. The summed E-state index contributed by atoms with van der Waals surface area (Å²) in [6, 6.07) is 18.2. The van der Waals surface area contributed by atoms with Crippen molar-refractivity contribution in [3.05, 3.63) is 99.0 Å². The molecule has 0 aromatic heterocycles. The number of ether oxygens (including phenoxy) is 2. The molecule has 0 bridgehead atoms. The summed E-state index contributed by atoms with van der Waals surface area (Å²) < 4.78 is 11.3. The van der Waals surface area contributed by atoms with Gasteiger partial charge in [-0.3, -0.25) is 4.79 Å². The Morgan fingerprint density at radius 1 is 0.966 bits per heavy atom. The predicted octanol–water partition coefficient (Wildman–Crippen LogP) is 6.79. The Bertz CT molecular complexity index is 1040.